The normalized spacial score (nSPS) is 20.4. The van der Waals surface area contributed by atoms with Gasteiger partial charge in [0.25, 0.3) is 0 Å². The minimum absolute atomic E-state index is 0.0557. The molecule has 96 valence electrons. The standard InChI is InChI=1S/C13H23N3O/c1-13(2,9-17)8-14-11-5-4-6-12-10(11)7-15-16(12)3/h7,11,14,17H,4-6,8-9H2,1-3H3. The molecular formula is C13H23N3O. The predicted octanol–water partition coefficient (Wildman–Crippen LogP) is 1.41. The number of nitrogens with one attached hydrogen (secondary N) is 1. The lowest BCUT2D eigenvalue weighted by Gasteiger charge is -2.29. The molecule has 0 aliphatic heterocycles. The number of hydrogen-bond acceptors (Lipinski definition) is 3. The van der Waals surface area contributed by atoms with Crippen molar-refractivity contribution in [2.75, 3.05) is 13.2 Å². The Morgan fingerprint density at radius 1 is 1.59 bits per heavy atom. The smallest absolute Gasteiger partial charge is 0.0540 e. The molecule has 17 heavy (non-hydrogen) atoms. The zero-order valence-corrected chi connectivity index (χ0v) is 11.0. The quantitative estimate of drug-likeness (QED) is 0.832. The van der Waals surface area contributed by atoms with Gasteiger partial charge < -0.3 is 10.4 Å². The summed E-state index contributed by atoms with van der Waals surface area (Å²) >= 11 is 0. The third kappa shape index (κ3) is 2.69. The highest BCUT2D eigenvalue weighted by Gasteiger charge is 2.25. The molecule has 2 rings (SSSR count). The van der Waals surface area contributed by atoms with Crippen LogP contribution in [0.15, 0.2) is 6.20 Å². The van der Waals surface area contributed by atoms with E-state index >= 15 is 0 Å². The summed E-state index contributed by atoms with van der Waals surface area (Å²) in [6.45, 7) is 5.20. The van der Waals surface area contributed by atoms with Crippen LogP contribution in [-0.2, 0) is 13.5 Å². The van der Waals surface area contributed by atoms with Crippen molar-refractivity contribution in [2.24, 2.45) is 12.5 Å². The maximum atomic E-state index is 9.27. The molecule has 0 saturated carbocycles. The number of nitrogens with zero attached hydrogens (tertiary/aromatic N) is 2. The molecule has 0 saturated heterocycles. The van der Waals surface area contributed by atoms with Crippen molar-refractivity contribution in [3.63, 3.8) is 0 Å². The van der Waals surface area contributed by atoms with Crippen LogP contribution in [0, 0.1) is 5.41 Å². The highest BCUT2D eigenvalue weighted by Crippen LogP contribution is 2.29. The Morgan fingerprint density at radius 3 is 3.06 bits per heavy atom. The number of aryl methyl sites for hydroxylation is 1. The van der Waals surface area contributed by atoms with E-state index in [1.54, 1.807) is 0 Å². The first-order valence-corrected chi connectivity index (χ1v) is 6.38. The van der Waals surface area contributed by atoms with Gasteiger partial charge in [0, 0.05) is 42.9 Å². The second-order valence-electron chi connectivity index (χ2n) is 5.82. The van der Waals surface area contributed by atoms with Gasteiger partial charge in [-0.2, -0.15) is 5.10 Å². The van der Waals surface area contributed by atoms with Crippen molar-refractivity contribution in [1.29, 1.82) is 0 Å². The fourth-order valence-electron chi connectivity index (χ4n) is 2.37. The van der Waals surface area contributed by atoms with Crippen molar-refractivity contribution < 1.29 is 5.11 Å². The summed E-state index contributed by atoms with van der Waals surface area (Å²) in [5.74, 6) is 0. The van der Waals surface area contributed by atoms with E-state index in [-0.39, 0.29) is 12.0 Å². The van der Waals surface area contributed by atoms with E-state index < -0.39 is 0 Å². The summed E-state index contributed by atoms with van der Waals surface area (Å²) in [7, 11) is 2.01. The van der Waals surface area contributed by atoms with Gasteiger partial charge in [-0.25, -0.2) is 0 Å². The zero-order valence-electron chi connectivity index (χ0n) is 11.0. The van der Waals surface area contributed by atoms with Crippen LogP contribution < -0.4 is 5.32 Å². The summed E-state index contributed by atoms with van der Waals surface area (Å²) in [6, 6.07) is 0.401. The molecule has 0 fully saturated rings. The Bertz CT molecular complexity index is 384. The molecular weight excluding hydrogens is 214 g/mol. The minimum atomic E-state index is -0.0557. The van der Waals surface area contributed by atoms with Crippen LogP contribution in [0.25, 0.3) is 0 Å². The van der Waals surface area contributed by atoms with E-state index in [4.69, 9.17) is 0 Å². The van der Waals surface area contributed by atoms with E-state index in [0.29, 0.717) is 6.04 Å². The Kier molecular flexibility index (Phi) is 3.54. The first-order valence-electron chi connectivity index (χ1n) is 6.38. The Morgan fingerprint density at radius 2 is 2.35 bits per heavy atom. The van der Waals surface area contributed by atoms with Crippen LogP contribution in [0.5, 0.6) is 0 Å². The van der Waals surface area contributed by atoms with Gasteiger partial charge >= 0.3 is 0 Å². The van der Waals surface area contributed by atoms with Gasteiger partial charge in [0.05, 0.1) is 6.20 Å². The highest BCUT2D eigenvalue weighted by molar-refractivity contribution is 5.24. The molecule has 1 atom stereocenters. The van der Waals surface area contributed by atoms with E-state index in [9.17, 15) is 5.11 Å². The SMILES string of the molecule is Cn1ncc2c1CCCC2NCC(C)(C)CO. The minimum Gasteiger partial charge on any atom is -0.396 e. The fraction of sp³-hybridized carbons (Fsp3) is 0.769. The molecule has 0 aromatic carbocycles. The van der Waals surface area contributed by atoms with Crippen molar-refractivity contribution in [2.45, 2.75) is 39.2 Å². The average Bonchev–Trinajstić information content (AvgIpc) is 2.70. The molecule has 1 heterocycles. The first kappa shape index (κ1) is 12.6. The van der Waals surface area contributed by atoms with E-state index in [1.807, 2.05) is 17.9 Å². The van der Waals surface area contributed by atoms with Gasteiger partial charge in [-0.1, -0.05) is 13.8 Å². The summed E-state index contributed by atoms with van der Waals surface area (Å²) in [6.07, 6.45) is 5.50. The number of rotatable bonds is 4. The van der Waals surface area contributed by atoms with Gasteiger partial charge in [0.15, 0.2) is 0 Å². The van der Waals surface area contributed by atoms with Crippen molar-refractivity contribution in [3.8, 4) is 0 Å². The number of hydrogen-bond donors (Lipinski definition) is 2. The fourth-order valence-corrected chi connectivity index (χ4v) is 2.37. The molecule has 2 N–H and O–H groups in total. The number of fused-ring (bicyclic) bond motifs is 1. The second-order valence-corrected chi connectivity index (χ2v) is 5.82. The third-order valence-electron chi connectivity index (χ3n) is 3.63. The van der Waals surface area contributed by atoms with Crippen molar-refractivity contribution in [3.05, 3.63) is 17.5 Å². The highest BCUT2D eigenvalue weighted by atomic mass is 16.3. The van der Waals surface area contributed by atoms with E-state index in [0.717, 1.165) is 13.0 Å². The molecule has 0 spiro atoms. The van der Waals surface area contributed by atoms with Crippen LogP contribution in [0.1, 0.15) is 44.0 Å². The molecule has 1 aliphatic rings. The zero-order chi connectivity index (χ0) is 12.5. The number of aliphatic hydroxyl groups is 1. The molecule has 4 nitrogen and oxygen atoms in total. The molecule has 0 amide bonds. The monoisotopic (exact) mass is 237 g/mol. The molecule has 4 heteroatoms. The average molecular weight is 237 g/mol. The molecule has 1 aliphatic carbocycles. The lowest BCUT2D eigenvalue weighted by Crippen LogP contribution is -2.35. The third-order valence-corrected chi connectivity index (χ3v) is 3.63. The maximum Gasteiger partial charge on any atom is 0.0540 e. The van der Waals surface area contributed by atoms with E-state index in [1.165, 1.54) is 24.1 Å². The summed E-state index contributed by atoms with van der Waals surface area (Å²) in [4.78, 5) is 0. The van der Waals surface area contributed by atoms with Gasteiger partial charge in [-0.15, -0.1) is 0 Å². The van der Waals surface area contributed by atoms with Crippen LogP contribution in [0.4, 0.5) is 0 Å². The van der Waals surface area contributed by atoms with Gasteiger partial charge in [0.1, 0.15) is 0 Å². The van der Waals surface area contributed by atoms with Crippen LogP contribution in [-0.4, -0.2) is 28.0 Å². The summed E-state index contributed by atoms with van der Waals surface area (Å²) < 4.78 is 1.99. The molecule has 0 bridgehead atoms. The topological polar surface area (TPSA) is 50.1 Å². The second kappa shape index (κ2) is 4.78. The van der Waals surface area contributed by atoms with Crippen LogP contribution in [0.3, 0.4) is 0 Å². The first-order chi connectivity index (χ1) is 8.03. The Labute approximate surface area is 103 Å². The van der Waals surface area contributed by atoms with Crippen molar-refractivity contribution >= 4 is 0 Å². The van der Waals surface area contributed by atoms with Gasteiger partial charge in [0.2, 0.25) is 0 Å². The van der Waals surface area contributed by atoms with Gasteiger partial charge in [-0.3, -0.25) is 4.68 Å². The predicted molar refractivity (Wildman–Crippen MR) is 67.8 cm³/mol. The van der Waals surface area contributed by atoms with Crippen LogP contribution >= 0.6 is 0 Å². The molecule has 1 unspecified atom stereocenters. The number of aliphatic hydroxyl groups excluding tert-OH is 1. The maximum absolute atomic E-state index is 9.27. The summed E-state index contributed by atoms with van der Waals surface area (Å²) in [5.41, 5.74) is 2.64. The van der Waals surface area contributed by atoms with E-state index in [2.05, 4.69) is 24.3 Å². The Balaban J connectivity index is 2.04. The molecule has 1 aromatic rings. The van der Waals surface area contributed by atoms with Gasteiger partial charge in [-0.05, 0) is 19.3 Å². The molecule has 0 radical (unpaired) electrons. The van der Waals surface area contributed by atoms with Crippen LogP contribution in [0.2, 0.25) is 0 Å². The van der Waals surface area contributed by atoms with Crippen molar-refractivity contribution in [1.82, 2.24) is 15.1 Å². The number of aromatic nitrogens is 2. The Hall–Kier alpha value is -0.870. The lowest BCUT2D eigenvalue weighted by atomic mass is 9.90. The molecule has 1 aromatic heterocycles. The summed E-state index contributed by atoms with van der Waals surface area (Å²) in [5, 5.41) is 17.2. The lowest BCUT2D eigenvalue weighted by molar-refractivity contribution is 0.152. The largest absolute Gasteiger partial charge is 0.396 e.